The largest absolute Gasteiger partial charge is 0.491 e. The highest BCUT2D eigenvalue weighted by Crippen LogP contribution is 2.20. The van der Waals surface area contributed by atoms with E-state index in [9.17, 15) is 4.79 Å². The molecule has 0 heterocycles. The van der Waals surface area contributed by atoms with Crippen molar-refractivity contribution in [1.82, 2.24) is 5.32 Å². The van der Waals surface area contributed by atoms with Crippen LogP contribution < -0.4 is 10.1 Å². The summed E-state index contributed by atoms with van der Waals surface area (Å²) in [6, 6.07) is 13.7. The van der Waals surface area contributed by atoms with E-state index in [0.29, 0.717) is 19.6 Å². The zero-order valence-corrected chi connectivity index (χ0v) is 14.4. The van der Waals surface area contributed by atoms with Crippen LogP contribution in [0.1, 0.15) is 16.7 Å². The first kappa shape index (κ1) is 16.6. The van der Waals surface area contributed by atoms with E-state index in [0.717, 1.165) is 21.3 Å². The number of aryl methyl sites for hydroxylation is 1. The van der Waals surface area contributed by atoms with E-state index >= 15 is 0 Å². The second-order valence-electron chi connectivity index (χ2n) is 5.20. The number of benzene rings is 2. The molecule has 1 N–H and O–H groups in total. The van der Waals surface area contributed by atoms with Crippen LogP contribution in [0.3, 0.4) is 0 Å². The molecule has 0 spiro atoms. The fourth-order valence-corrected chi connectivity index (χ4v) is 2.57. The molecule has 0 saturated heterocycles. The molecule has 2 aromatic rings. The third kappa shape index (κ3) is 4.88. The summed E-state index contributed by atoms with van der Waals surface area (Å²) in [5.74, 6) is 0.879. The number of rotatable bonds is 6. The van der Waals surface area contributed by atoms with Crippen molar-refractivity contribution in [2.24, 2.45) is 0 Å². The van der Waals surface area contributed by atoms with Gasteiger partial charge in [-0.3, -0.25) is 4.79 Å². The van der Waals surface area contributed by atoms with Crippen molar-refractivity contribution >= 4 is 21.8 Å². The number of halogens is 1. The van der Waals surface area contributed by atoms with Gasteiger partial charge in [-0.2, -0.15) is 0 Å². The number of hydrogen-bond donors (Lipinski definition) is 1. The lowest BCUT2D eigenvalue weighted by Crippen LogP contribution is -2.29. The summed E-state index contributed by atoms with van der Waals surface area (Å²) in [4.78, 5) is 11.9. The van der Waals surface area contributed by atoms with E-state index in [1.165, 1.54) is 5.56 Å². The van der Waals surface area contributed by atoms with E-state index in [1.807, 2.05) is 43.3 Å². The SMILES string of the molecule is Cc1cccc(OCCNC(=O)Cc2cccc(Br)c2)c1C. The van der Waals surface area contributed by atoms with Crippen LogP contribution in [0.2, 0.25) is 0 Å². The fourth-order valence-electron chi connectivity index (χ4n) is 2.13. The molecular weight excluding hydrogens is 342 g/mol. The lowest BCUT2D eigenvalue weighted by molar-refractivity contribution is -0.120. The van der Waals surface area contributed by atoms with Crippen LogP contribution in [-0.4, -0.2) is 19.1 Å². The predicted octanol–water partition coefficient (Wildman–Crippen LogP) is 3.80. The summed E-state index contributed by atoms with van der Waals surface area (Å²) < 4.78 is 6.70. The van der Waals surface area contributed by atoms with Gasteiger partial charge in [-0.25, -0.2) is 0 Å². The molecule has 0 aliphatic carbocycles. The average molecular weight is 362 g/mol. The Morgan fingerprint density at radius 2 is 1.95 bits per heavy atom. The van der Waals surface area contributed by atoms with Crippen molar-refractivity contribution in [2.75, 3.05) is 13.2 Å². The predicted molar refractivity (Wildman–Crippen MR) is 92.3 cm³/mol. The Labute approximate surface area is 139 Å². The normalized spacial score (nSPS) is 10.3. The average Bonchev–Trinajstić information content (AvgIpc) is 2.48. The van der Waals surface area contributed by atoms with E-state index < -0.39 is 0 Å². The molecule has 22 heavy (non-hydrogen) atoms. The lowest BCUT2D eigenvalue weighted by Gasteiger charge is -2.11. The molecule has 2 aromatic carbocycles. The molecule has 0 radical (unpaired) electrons. The first-order valence-corrected chi connectivity index (χ1v) is 8.05. The van der Waals surface area contributed by atoms with Gasteiger partial charge in [-0.1, -0.05) is 40.2 Å². The fraction of sp³-hybridized carbons (Fsp3) is 0.278. The molecule has 4 heteroatoms. The highest BCUT2D eigenvalue weighted by Gasteiger charge is 2.04. The number of nitrogens with one attached hydrogen (secondary N) is 1. The summed E-state index contributed by atoms with van der Waals surface area (Å²) in [6.07, 6.45) is 0.378. The van der Waals surface area contributed by atoms with Gasteiger partial charge in [0, 0.05) is 4.47 Å². The standard InChI is InChI=1S/C18H20BrNO2/c1-13-5-3-8-17(14(13)2)22-10-9-20-18(21)12-15-6-4-7-16(19)11-15/h3-8,11H,9-10,12H2,1-2H3,(H,20,21). The highest BCUT2D eigenvalue weighted by molar-refractivity contribution is 9.10. The Morgan fingerprint density at radius 1 is 1.18 bits per heavy atom. The van der Waals surface area contributed by atoms with Crippen molar-refractivity contribution < 1.29 is 9.53 Å². The first-order valence-electron chi connectivity index (χ1n) is 7.26. The minimum atomic E-state index is 0.00247. The summed E-state index contributed by atoms with van der Waals surface area (Å²) in [7, 11) is 0. The molecule has 116 valence electrons. The smallest absolute Gasteiger partial charge is 0.224 e. The van der Waals surface area contributed by atoms with Gasteiger partial charge in [0.25, 0.3) is 0 Å². The number of carbonyl (C=O) groups excluding carboxylic acids is 1. The van der Waals surface area contributed by atoms with Crippen LogP contribution in [0.25, 0.3) is 0 Å². The van der Waals surface area contributed by atoms with E-state index in [4.69, 9.17) is 4.74 Å². The van der Waals surface area contributed by atoms with Gasteiger partial charge in [-0.05, 0) is 48.7 Å². The molecular formula is C18H20BrNO2. The Bertz CT molecular complexity index is 655. The summed E-state index contributed by atoms with van der Waals surface area (Å²) in [6.45, 7) is 5.06. The van der Waals surface area contributed by atoms with E-state index in [-0.39, 0.29) is 5.91 Å². The maximum atomic E-state index is 11.9. The van der Waals surface area contributed by atoms with Crippen molar-refractivity contribution in [3.8, 4) is 5.75 Å². The van der Waals surface area contributed by atoms with Crippen molar-refractivity contribution in [2.45, 2.75) is 20.3 Å². The van der Waals surface area contributed by atoms with Crippen molar-refractivity contribution in [1.29, 1.82) is 0 Å². The maximum Gasteiger partial charge on any atom is 0.224 e. The maximum absolute atomic E-state index is 11.9. The summed E-state index contributed by atoms with van der Waals surface area (Å²) in [5, 5.41) is 2.88. The molecule has 0 saturated carbocycles. The molecule has 0 aromatic heterocycles. The molecule has 2 rings (SSSR count). The van der Waals surface area contributed by atoms with Crippen molar-refractivity contribution in [3.63, 3.8) is 0 Å². The quantitative estimate of drug-likeness (QED) is 0.794. The number of carbonyl (C=O) groups is 1. The van der Waals surface area contributed by atoms with Gasteiger partial charge in [0.1, 0.15) is 12.4 Å². The minimum Gasteiger partial charge on any atom is -0.491 e. The first-order chi connectivity index (χ1) is 10.6. The van der Waals surface area contributed by atoms with E-state index in [1.54, 1.807) is 0 Å². The zero-order valence-electron chi connectivity index (χ0n) is 12.9. The van der Waals surface area contributed by atoms with Crippen LogP contribution >= 0.6 is 15.9 Å². The van der Waals surface area contributed by atoms with E-state index in [2.05, 4.69) is 34.2 Å². The minimum absolute atomic E-state index is 0.00247. The Morgan fingerprint density at radius 3 is 2.73 bits per heavy atom. The molecule has 3 nitrogen and oxygen atoms in total. The van der Waals surface area contributed by atoms with Crippen LogP contribution in [0, 0.1) is 13.8 Å². The molecule has 0 atom stereocenters. The van der Waals surface area contributed by atoms with Gasteiger partial charge in [0.15, 0.2) is 0 Å². The Hall–Kier alpha value is -1.81. The molecule has 0 aliphatic rings. The third-order valence-corrected chi connectivity index (χ3v) is 3.98. The second kappa shape index (κ2) is 7.99. The van der Waals surface area contributed by atoms with Gasteiger partial charge < -0.3 is 10.1 Å². The molecule has 1 amide bonds. The number of amides is 1. The highest BCUT2D eigenvalue weighted by atomic mass is 79.9. The third-order valence-electron chi connectivity index (χ3n) is 3.49. The van der Waals surface area contributed by atoms with Crippen molar-refractivity contribution in [3.05, 3.63) is 63.6 Å². The lowest BCUT2D eigenvalue weighted by atomic mass is 10.1. The van der Waals surface area contributed by atoms with Crippen LogP contribution in [-0.2, 0) is 11.2 Å². The summed E-state index contributed by atoms with van der Waals surface area (Å²) in [5.41, 5.74) is 3.33. The van der Waals surface area contributed by atoms with Crippen LogP contribution in [0.15, 0.2) is 46.9 Å². The van der Waals surface area contributed by atoms with Gasteiger partial charge in [0.2, 0.25) is 5.91 Å². The zero-order chi connectivity index (χ0) is 15.9. The molecule has 0 aliphatic heterocycles. The Balaban J connectivity index is 1.74. The van der Waals surface area contributed by atoms with Crippen LogP contribution in [0.5, 0.6) is 5.75 Å². The Kier molecular flexibility index (Phi) is 6.01. The monoisotopic (exact) mass is 361 g/mol. The molecule has 0 unspecified atom stereocenters. The number of ether oxygens (including phenoxy) is 1. The number of hydrogen-bond acceptors (Lipinski definition) is 2. The molecule has 0 bridgehead atoms. The van der Waals surface area contributed by atoms with Gasteiger partial charge in [0.05, 0.1) is 13.0 Å². The van der Waals surface area contributed by atoms with Gasteiger partial charge >= 0.3 is 0 Å². The second-order valence-corrected chi connectivity index (χ2v) is 6.12. The van der Waals surface area contributed by atoms with Crippen LogP contribution in [0.4, 0.5) is 0 Å². The summed E-state index contributed by atoms with van der Waals surface area (Å²) >= 11 is 3.40. The topological polar surface area (TPSA) is 38.3 Å². The van der Waals surface area contributed by atoms with Gasteiger partial charge in [-0.15, -0.1) is 0 Å². The molecule has 0 fully saturated rings.